The Bertz CT molecular complexity index is 817. The van der Waals surface area contributed by atoms with Gasteiger partial charge in [0.05, 0.1) is 27.0 Å². The van der Waals surface area contributed by atoms with Crippen molar-refractivity contribution in [2.45, 2.75) is 12.5 Å². The van der Waals surface area contributed by atoms with E-state index in [4.69, 9.17) is 19.0 Å². The molecular formula is C19H20N2O5. The second-order valence-corrected chi connectivity index (χ2v) is 5.62. The van der Waals surface area contributed by atoms with Crippen molar-refractivity contribution in [3.63, 3.8) is 0 Å². The predicted octanol–water partition coefficient (Wildman–Crippen LogP) is 2.84. The van der Waals surface area contributed by atoms with E-state index in [9.17, 15) is 4.79 Å². The van der Waals surface area contributed by atoms with E-state index in [0.717, 1.165) is 11.3 Å². The molecule has 1 amide bonds. The molecule has 1 atom stereocenters. The Morgan fingerprint density at radius 3 is 2.42 bits per heavy atom. The number of benzene rings is 2. The molecule has 1 aliphatic rings. The smallest absolute Gasteiger partial charge is 0.268 e. The molecule has 0 aromatic heterocycles. The minimum Gasteiger partial charge on any atom is -0.497 e. The highest BCUT2D eigenvalue weighted by Crippen LogP contribution is 2.29. The third-order valence-corrected chi connectivity index (χ3v) is 4.04. The van der Waals surface area contributed by atoms with Crippen LogP contribution in [-0.2, 0) is 9.63 Å². The average Bonchev–Trinajstić information content (AvgIpc) is 3.18. The second kappa shape index (κ2) is 7.77. The number of rotatable bonds is 6. The van der Waals surface area contributed by atoms with Crippen molar-refractivity contribution < 1.29 is 23.8 Å². The molecule has 0 radical (unpaired) electrons. The monoisotopic (exact) mass is 356 g/mol. The van der Waals surface area contributed by atoms with Gasteiger partial charge < -0.3 is 24.4 Å². The van der Waals surface area contributed by atoms with Crippen LogP contribution in [0.1, 0.15) is 12.0 Å². The van der Waals surface area contributed by atoms with Crippen LogP contribution in [0.15, 0.2) is 47.6 Å². The lowest BCUT2D eigenvalue weighted by Gasteiger charge is -2.10. The van der Waals surface area contributed by atoms with Gasteiger partial charge in [0.25, 0.3) is 5.91 Å². The summed E-state index contributed by atoms with van der Waals surface area (Å²) in [5.41, 5.74) is 2.17. The Labute approximate surface area is 151 Å². The quantitative estimate of drug-likeness (QED) is 0.861. The minimum atomic E-state index is -0.680. The fourth-order valence-corrected chi connectivity index (χ4v) is 2.60. The van der Waals surface area contributed by atoms with Crippen LogP contribution in [0.2, 0.25) is 0 Å². The van der Waals surface area contributed by atoms with Gasteiger partial charge in [-0.1, -0.05) is 5.16 Å². The lowest BCUT2D eigenvalue weighted by atomic mass is 10.0. The van der Waals surface area contributed by atoms with Crippen LogP contribution in [0, 0.1) is 0 Å². The molecule has 0 saturated carbocycles. The van der Waals surface area contributed by atoms with Crippen molar-refractivity contribution in [1.29, 1.82) is 0 Å². The minimum absolute atomic E-state index is 0.255. The lowest BCUT2D eigenvalue weighted by Crippen LogP contribution is -2.28. The fourth-order valence-electron chi connectivity index (χ4n) is 2.60. The molecule has 2 aromatic carbocycles. The number of amides is 1. The maximum absolute atomic E-state index is 12.4. The molecule has 0 saturated heterocycles. The van der Waals surface area contributed by atoms with Crippen LogP contribution < -0.4 is 19.5 Å². The Morgan fingerprint density at radius 2 is 1.77 bits per heavy atom. The molecule has 7 heteroatoms. The number of carbonyl (C=O) groups is 1. The zero-order chi connectivity index (χ0) is 18.5. The zero-order valence-corrected chi connectivity index (χ0v) is 14.8. The number of hydrogen-bond donors (Lipinski definition) is 1. The molecule has 26 heavy (non-hydrogen) atoms. The number of oxime groups is 1. The molecule has 0 unspecified atom stereocenters. The SMILES string of the molecule is COc1ccc(NC(=O)[C@H]2CC(c3ccc(OC)c(OC)c3)=NO2)cc1. The van der Waals surface area contributed by atoms with Crippen molar-refractivity contribution in [3.05, 3.63) is 48.0 Å². The van der Waals surface area contributed by atoms with Crippen LogP contribution in [0.25, 0.3) is 0 Å². The zero-order valence-electron chi connectivity index (χ0n) is 14.8. The van der Waals surface area contributed by atoms with Gasteiger partial charge >= 0.3 is 0 Å². The van der Waals surface area contributed by atoms with Gasteiger partial charge in [-0.05, 0) is 42.5 Å². The molecule has 0 aliphatic carbocycles. The molecule has 2 aromatic rings. The largest absolute Gasteiger partial charge is 0.497 e. The first kappa shape index (κ1) is 17.6. The van der Waals surface area contributed by atoms with Crippen molar-refractivity contribution in [1.82, 2.24) is 0 Å². The summed E-state index contributed by atoms with van der Waals surface area (Å²) in [5.74, 6) is 1.69. The Hall–Kier alpha value is -3.22. The summed E-state index contributed by atoms with van der Waals surface area (Å²) in [7, 11) is 4.74. The molecule has 1 heterocycles. The number of hydrogen-bond acceptors (Lipinski definition) is 6. The average molecular weight is 356 g/mol. The van der Waals surface area contributed by atoms with Crippen LogP contribution in [0.5, 0.6) is 17.2 Å². The van der Waals surface area contributed by atoms with E-state index >= 15 is 0 Å². The van der Waals surface area contributed by atoms with Gasteiger partial charge in [0.15, 0.2) is 11.5 Å². The van der Waals surface area contributed by atoms with E-state index < -0.39 is 6.10 Å². The van der Waals surface area contributed by atoms with Crippen LogP contribution in [0.4, 0.5) is 5.69 Å². The van der Waals surface area contributed by atoms with Gasteiger partial charge in [-0.25, -0.2) is 0 Å². The third-order valence-electron chi connectivity index (χ3n) is 4.04. The normalized spacial score (nSPS) is 15.7. The Morgan fingerprint density at radius 1 is 1.04 bits per heavy atom. The van der Waals surface area contributed by atoms with Crippen molar-refractivity contribution >= 4 is 17.3 Å². The number of nitrogens with one attached hydrogen (secondary N) is 1. The first-order valence-electron chi connectivity index (χ1n) is 8.04. The maximum Gasteiger partial charge on any atom is 0.268 e. The van der Waals surface area contributed by atoms with Crippen molar-refractivity contribution in [2.24, 2.45) is 5.16 Å². The second-order valence-electron chi connectivity index (χ2n) is 5.62. The molecule has 7 nitrogen and oxygen atoms in total. The predicted molar refractivity (Wildman–Crippen MR) is 97.2 cm³/mol. The molecule has 136 valence electrons. The van der Waals surface area contributed by atoms with Crippen molar-refractivity contribution in [3.8, 4) is 17.2 Å². The van der Waals surface area contributed by atoms with E-state index in [-0.39, 0.29) is 5.91 Å². The molecule has 1 aliphatic heterocycles. The van der Waals surface area contributed by atoms with Gasteiger partial charge in [0.2, 0.25) is 6.10 Å². The number of ether oxygens (including phenoxy) is 3. The summed E-state index contributed by atoms with van der Waals surface area (Å²) in [6.07, 6.45) is -0.308. The fraction of sp³-hybridized carbons (Fsp3) is 0.263. The first-order chi connectivity index (χ1) is 12.6. The van der Waals surface area contributed by atoms with Gasteiger partial charge in [-0.3, -0.25) is 4.79 Å². The van der Waals surface area contributed by atoms with Gasteiger partial charge in [-0.2, -0.15) is 0 Å². The number of nitrogens with zero attached hydrogens (tertiary/aromatic N) is 1. The molecule has 3 rings (SSSR count). The Kier molecular flexibility index (Phi) is 5.26. The van der Waals surface area contributed by atoms with Gasteiger partial charge in [-0.15, -0.1) is 0 Å². The number of carbonyl (C=O) groups excluding carboxylic acids is 1. The number of methoxy groups -OCH3 is 3. The van der Waals surface area contributed by atoms with Crippen LogP contribution in [-0.4, -0.2) is 39.1 Å². The highest BCUT2D eigenvalue weighted by atomic mass is 16.6. The van der Waals surface area contributed by atoms with Crippen LogP contribution in [0.3, 0.4) is 0 Å². The molecule has 0 spiro atoms. The highest BCUT2D eigenvalue weighted by Gasteiger charge is 2.29. The number of anilines is 1. The highest BCUT2D eigenvalue weighted by molar-refractivity contribution is 6.06. The molecule has 0 bridgehead atoms. The summed E-state index contributed by atoms with van der Waals surface area (Å²) in [4.78, 5) is 17.7. The summed E-state index contributed by atoms with van der Waals surface area (Å²) in [5, 5.41) is 6.86. The lowest BCUT2D eigenvalue weighted by molar-refractivity contribution is -0.125. The van der Waals surface area contributed by atoms with E-state index in [1.54, 1.807) is 51.7 Å². The molecule has 0 fully saturated rings. The Balaban J connectivity index is 1.64. The van der Waals surface area contributed by atoms with Crippen LogP contribution >= 0.6 is 0 Å². The van der Waals surface area contributed by atoms with Gasteiger partial charge in [0.1, 0.15) is 5.75 Å². The van der Waals surface area contributed by atoms with Crippen molar-refractivity contribution in [2.75, 3.05) is 26.6 Å². The topological polar surface area (TPSA) is 78.4 Å². The standard InChI is InChI=1S/C19H20N2O5/c1-23-14-7-5-13(6-8-14)20-19(22)18-11-15(21-26-18)12-4-9-16(24-2)17(10-12)25-3/h4-10,18H,11H2,1-3H3,(H,20,22)/t18-/m1/s1. The first-order valence-corrected chi connectivity index (χ1v) is 8.04. The summed E-state index contributed by atoms with van der Waals surface area (Å²) in [6, 6.07) is 12.5. The molecular weight excluding hydrogens is 336 g/mol. The summed E-state index contributed by atoms with van der Waals surface area (Å²) >= 11 is 0. The van der Waals surface area contributed by atoms with E-state index in [0.29, 0.717) is 29.3 Å². The van der Waals surface area contributed by atoms with E-state index in [1.165, 1.54) is 0 Å². The summed E-state index contributed by atoms with van der Waals surface area (Å²) in [6.45, 7) is 0. The summed E-state index contributed by atoms with van der Waals surface area (Å²) < 4.78 is 15.6. The third kappa shape index (κ3) is 3.72. The van der Waals surface area contributed by atoms with Gasteiger partial charge in [0, 0.05) is 17.7 Å². The van der Waals surface area contributed by atoms with E-state index in [2.05, 4.69) is 10.5 Å². The van der Waals surface area contributed by atoms with E-state index in [1.807, 2.05) is 12.1 Å². The molecule has 1 N–H and O–H groups in total. The maximum atomic E-state index is 12.4.